The van der Waals surface area contributed by atoms with Crippen LogP contribution < -0.4 is 0 Å². The van der Waals surface area contributed by atoms with Crippen molar-refractivity contribution in [2.24, 2.45) is 5.92 Å². The number of rotatable bonds is 2. The summed E-state index contributed by atoms with van der Waals surface area (Å²) in [6.07, 6.45) is 5.92. The van der Waals surface area contributed by atoms with E-state index in [9.17, 15) is 0 Å². The summed E-state index contributed by atoms with van der Waals surface area (Å²) >= 11 is 0. The Balaban J connectivity index is 0.000000222. The predicted octanol–water partition coefficient (Wildman–Crippen LogP) is 1.81. The fraction of sp³-hybridized carbons (Fsp3) is 1.00. The van der Waals surface area contributed by atoms with Crippen LogP contribution in [0.2, 0.25) is 0 Å². The number of hydrogen-bond acceptors (Lipinski definition) is 1. The monoisotopic (exact) mass is 116 g/mol. The van der Waals surface area contributed by atoms with Gasteiger partial charge in [-0.3, -0.25) is 0 Å². The van der Waals surface area contributed by atoms with Crippen LogP contribution in [0.1, 0.15) is 32.6 Å². The van der Waals surface area contributed by atoms with Gasteiger partial charge in [0.05, 0.1) is 0 Å². The van der Waals surface area contributed by atoms with Gasteiger partial charge >= 0.3 is 0 Å². The van der Waals surface area contributed by atoms with E-state index in [1.807, 2.05) is 0 Å². The lowest BCUT2D eigenvalue weighted by molar-refractivity contribution is 0.399. The van der Waals surface area contributed by atoms with E-state index in [0.717, 1.165) is 13.0 Å². The SMILES string of the molecule is CCCC1CC1.CO. The molecule has 1 rings (SSSR count). The Morgan fingerprint density at radius 3 is 2.00 bits per heavy atom. The van der Waals surface area contributed by atoms with E-state index in [0.29, 0.717) is 0 Å². The van der Waals surface area contributed by atoms with E-state index in [4.69, 9.17) is 5.11 Å². The van der Waals surface area contributed by atoms with Crippen molar-refractivity contribution >= 4 is 0 Å². The summed E-state index contributed by atoms with van der Waals surface area (Å²) in [5, 5.41) is 7.00. The van der Waals surface area contributed by atoms with Crippen molar-refractivity contribution in [1.29, 1.82) is 0 Å². The first-order valence-corrected chi connectivity index (χ1v) is 3.38. The lowest BCUT2D eigenvalue weighted by Gasteiger charge is -1.82. The molecule has 1 aliphatic carbocycles. The fourth-order valence-corrected chi connectivity index (χ4v) is 0.815. The summed E-state index contributed by atoms with van der Waals surface area (Å²) in [6, 6.07) is 0. The summed E-state index contributed by atoms with van der Waals surface area (Å²) < 4.78 is 0. The van der Waals surface area contributed by atoms with Crippen molar-refractivity contribution < 1.29 is 5.11 Å². The van der Waals surface area contributed by atoms with Crippen LogP contribution in [0, 0.1) is 5.92 Å². The van der Waals surface area contributed by atoms with Crippen LogP contribution in [0.5, 0.6) is 0 Å². The van der Waals surface area contributed by atoms with E-state index in [1.165, 1.54) is 25.7 Å². The number of hydrogen-bond donors (Lipinski definition) is 1. The molecule has 50 valence electrons. The minimum absolute atomic E-state index is 1.00. The minimum Gasteiger partial charge on any atom is -0.400 e. The largest absolute Gasteiger partial charge is 0.400 e. The normalized spacial score (nSPS) is 16.9. The molecular weight excluding hydrogens is 100 g/mol. The Kier molecular flexibility index (Phi) is 5.08. The second-order valence-electron chi connectivity index (χ2n) is 2.23. The second-order valence-corrected chi connectivity index (χ2v) is 2.23. The molecule has 0 unspecified atom stereocenters. The highest BCUT2D eigenvalue weighted by atomic mass is 16.2. The molecule has 0 amide bonds. The van der Waals surface area contributed by atoms with E-state index in [1.54, 1.807) is 0 Å². The fourth-order valence-electron chi connectivity index (χ4n) is 0.815. The van der Waals surface area contributed by atoms with Crippen LogP contribution in [0.4, 0.5) is 0 Å². The van der Waals surface area contributed by atoms with Crippen molar-refractivity contribution in [3.63, 3.8) is 0 Å². The predicted molar refractivity (Wildman–Crippen MR) is 35.8 cm³/mol. The molecule has 0 aromatic heterocycles. The molecule has 0 radical (unpaired) electrons. The zero-order valence-electron chi connectivity index (χ0n) is 5.85. The molecule has 1 nitrogen and oxygen atoms in total. The van der Waals surface area contributed by atoms with Crippen molar-refractivity contribution in [2.45, 2.75) is 32.6 Å². The van der Waals surface area contributed by atoms with Crippen molar-refractivity contribution in [2.75, 3.05) is 7.11 Å². The first-order valence-electron chi connectivity index (χ1n) is 3.38. The molecule has 0 spiro atoms. The summed E-state index contributed by atoms with van der Waals surface area (Å²) in [4.78, 5) is 0. The van der Waals surface area contributed by atoms with Crippen LogP contribution in [0.15, 0.2) is 0 Å². The van der Waals surface area contributed by atoms with Gasteiger partial charge in [0.2, 0.25) is 0 Å². The van der Waals surface area contributed by atoms with Gasteiger partial charge in [0.25, 0.3) is 0 Å². The van der Waals surface area contributed by atoms with Gasteiger partial charge in [-0.2, -0.15) is 0 Å². The molecule has 0 aromatic rings. The Morgan fingerprint density at radius 1 is 1.38 bits per heavy atom. The third-order valence-corrected chi connectivity index (χ3v) is 1.39. The van der Waals surface area contributed by atoms with Crippen molar-refractivity contribution in [1.82, 2.24) is 0 Å². The van der Waals surface area contributed by atoms with Crippen LogP contribution in [-0.4, -0.2) is 12.2 Å². The van der Waals surface area contributed by atoms with Gasteiger partial charge in [0, 0.05) is 7.11 Å². The van der Waals surface area contributed by atoms with Gasteiger partial charge in [-0.25, -0.2) is 0 Å². The molecule has 8 heavy (non-hydrogen) atoms. The van der Waals surface area contributed by atoms with Crippen LogP contribution in [0.25, 0.3) is 0 Å². The van der Waals surface area contributed by atoms with Gasteiger partial charge < -0.3 is 5.11 Å². The molecular formula is C7H16O. The molecule has 0 aliphatic heterocycles. The first kappa shape index (κ1) is 7.96. The third kappa shape index (κ3) is 4.13. The first-order chi connectivity index (χ1) is 3.93. The Bertz CT molecular complexity index is 39.7. The van der Waals surface area contributed by atoms with Gasteiger partial charge in [0.1, 0.15) is 0 Å². The topological polar surface area (TPSA) is 20.2 Å². The van der Waals surface area contributed by atoms with Gasteiger partial charge in [-0.05, 0) is 5.92 Å². The average molecular weight is 116 g/mol. The molecule has 1 heteroatoms. The zero-order valence-corrected chi connectivity index (χ0v) is 5.85. The van der Waals surface area contributed by atoms with Crippen molar-refractivity contribution in [3.05, 3.63) is 0 Å². The standard InChI is InChI=1S/C6H12.CH4O/c1-2-3-6-4-5-6;1-2/h6H,2-5H2,1H3;2H,1H3. The summed E-state index contributed by atoms with van der Waals surface area (Å²) in [5.41, 5.74) is 0. The summed E-state index contributed by atoms with van der Waals surface area (Å²) in [7, 11) is 1.00. The highest BCUT2D eigenvalue weighted by Gasteiger charge is 2.18. The molecule has 1 N–H and O–H groups in total. The minimum atomic E-state index is 1.00. The summed E-state index contributed by atoms with van der Waals surface area (Å²) in [5.74, 6) is 1.15. The molecule has 0 aromatic carbocycles. The molecule has 0 atom stereocenters. The average Bonchev–Trinajstić information content (AvgIpc) is 2.57. The Labute approximate surface area is 51.7 Å². The second kappa shape index (κ2) is 5.10. The van der Waals surface area contributed by atoms with Crippen LogP contribution in [0.3, 0.4) is 0 Å². The highest BCUT2D eigenvalue weighted by molar-refractivity contribution is 4.71. The van der Waals surface area contributed by atoms with Gasteiger partial charge in [-0.15, -0.1) is 0 Å². The molecule has 1 aliphatic rings. The zero-order chi connectivity index (χ0) is 6.41. The third-order valence-electron chi connectivity index (χ3n) is 1.39. The van der Waals surface area contributed by atoms with E-state index in [-0.39, 0.29) is 0 Å². The van der Waals surface area contributed by atoms with Crippen LogP contribution >= 0.6 is 0 Å². The number of aliphatic hydroxyl groups excluding tert-OH is 1. The number of aliphatic hydroxyl groups is 1. The Morgan fingerprint density at radius 2 is 1.88 bits per heavy atom. The van der Waals surface area contributed by atoms with Gasteiger partial charge in [-0.1, -0.05) is 32.6 Å². The quantitative estimate of drug-likeness (QED) is 0.583. The highest BCUT2D eigenvalue weighted by Crippen LogP contribution is 2.32. The molecule has 0 saturated heterocycles. The summed E-state index contributed by atoms with van der Waals surface area (Å²) in [6.45, 7) is 2.26. The van der Waals surface area contributed by atoms with Crippen molar-refractivity contribution in [3.8, 4) is 0 Å². The maximum absolute atomic E-state index is 7.00. The molecule has 0 bridgehead atoms. The van der Waals surface area contributed by atoms with E-state index in [2.05, 4.69) is 6.92 Å². The van der Waals surface area contributed by atoms with E-state index >= 15 is 0 Å². The lowest BCUT2D eigenvalue weighted by atomic mass is 10.2. The lowest BCUT2D eigenvalue weighted by Crippen LogP contribution is -1.68. The Hall–Kier alpha value is -0.0400. The molecule has 0 heterocycles. The molecule has 1 saturated carbocycles. The van der Waals surface area contributed by atoms with Gasteiger partial charge in [0.15, 0.2) is 0 Å². The maximum atomic E-state index is 7.00. The smallest absolute Gasteiger partial charge is 0.0319 e. The van der Waals surface area contributed by atoms with Crippen LogP contribution in [-0.2, 0) is 0 Å². The molecule has 1 fully saturated rings. The maximum Gasteiger partial charge on any atom is 0.0319 e. The van der Waals surface area contributed by atoms with E-state index < -0.39 is 0 Å².